The zero-order chi connectivity index (χ0) is 12.2. The maximum absolute atomic E-state index is 12.6. The van der Waals surface area contributed by atoms with Gasteiger partial charge in [-0.05, 0) is 12.1 Å². The van der Waals surface area contributed by atoms with E-state index in [1.54, 1.807) is 0 Å². The predicted octanol–water partition coefficient (Wildman–Crippen LogP) is 0.819. The number of carboxylic acids is 1. The van der Waals surface area contributed by atoms with E-state index in [0.717, 1.165) is 0 Å². The Morgan fingerprint density at radius 2 is 2.19 bits per heavy atom. The Labute approximate surface area is 89.7 Å². The molecule has 0 spiro atoms. The second-order valence-electron chi connectivity index (χ2n) is 3.08. The fraction of sp³-hybridized carbons (Fsp3) is 0.333. The van der Waals surface area contributed by atoms with Crippen molar-refractivity contribution in [3.05, 3.63) is 23.9 Å². The molecule has 7 heteroatoms. The lowest BCUT2D eigenvalue weighted by atomic mass is 10.3. The molecule has 0 bridgehead atoms. The number of anilines is 1. The predicted molar refractivity (Wildman–Crippen MR) is 51.7 cm³/mol. The summed E-state index contributed by atoms with van der Waals surface area (Å²) in [6.07, 6.45) is 0. The normalized spacial score (nSPS) is 11.2. The zero-order valence-electron chi connectivity index (χ0n) is 8.15. The first-order valence-electron chi connectivity index (χ1n) is 4.37. The molecule has 0 aliphatic heterocycles. The van der Waals surface area contributed by atoms with Gasteiger partial charge in [-0.15, -0.1) is 0 Å². The fourth-order valence-corrected chi connectivity index (χ4v) is 0.928. The monoisotopic (exact) mass is 232 g/mol. The molecule has 1 aromatic heterocycles. The summed E-state index contributed by atoms with van der Waals surface area (Å²) in [6, 6.07) is 3.99. The number of alkyl halides is 2. The molecule has 0 saturated heterocycles. The third-order valence-corrected chi connectivity index (χ3v) is 1.73. The van der Waals surface area contributed by atoms with Crippen molar-refractivity contribution in [1.82, 2.24) is 4.98 Å². The van der Waals surface area contributed by atoms with E-state index in [2.05, 4.69) is 10.3 Å². The SMILES string of the molecule is O=C(O)c1cccc(NCC(F)(F)CO)n1. The maximum Gasteiger partial charge on any atom is 0.354 e. The van der Waals surface area contributed by atoms with Crippen molar-refractivity contribution in [1.29, 1.82) is 0 Å². The highest BCUT2D eigenvalue weighted by atomic mass is 19.3. The van der Waals surface area contributed by atoms with Crippen molar-refractivity contribution in [2.75, 3.05) is 18.5 Å². The number of nitrogens with one attached hydrogen (secondary N) is 1. The van der Waals surface area contributed by atoms with Crippen molar-refractivity contribution in [2.45, 2.75) is 5.92 Å². The quantitative estimate of drug-likeness (QED) is 0.700. The van der Waals surface area contributed by atoms with E-state index in [9.17, 15) is 13.6 Å². The van der Waals surface area contributed by atoms with Crippen LogP contribution in [0.5, 0.6) is 0 Å². The molecule has 88 valence electrons. The average molecular weight is 232 g/mol. The molecule has 5 nitrogen and oxygen atoms in total. The van der Waals surface area contributed by atoms with Crippen molar-refractivity contribution in [2.24, 2.45) is 0 Å². The Morgan fingerprint density at radius 3 is 2.75 bits per heavy atom. The molecule has 0 amide bonds. The summed E-state index contributed by atoms with van der Waals surface area (Å²) in [5.74, 6) is -4.48. The number of hydrogen-bond donors (Lipinski definition) is 3. The largest absolute Gasteiger partial charge is 0.477 e. The van der Waals surface area contributed by atoms with Gasteiger partial charge in [0.25, 0.3) is 5.92 Å². The minimum Gasteiger partial charge on any atom is -0.477 e. The summed E-state index contributed by atoms with van der Waals surface area (Å²) >= 11 is 0. The molecule has 0 saturated carbocycles. The highest BCUT2D eigenvalue weighted by Crippen LogP contribution is 2.13. The number of aliphatic hydroxyl groups excluding tert-OH is 1. The van der Waals surface area contributed by atoms with Crippen LogP contribution in [0.2, 0.25) is 0 Å². The molecular formula is C9H10F2N2O3. The molecule has 16 heavy (non-hydrogen) atoms. The lowest BCUT2D eigenvalue weighted by Crippen LogP contribution is -2.31. The lowest BCUT2D eigenvalue weighted by molar-refractivity contribution is -0.0373. The van der Waals surface area contributed by atoms with Gasteiger partial charge in [-0.25, -0.2) is 18.6 Å². The first-order chi connectivity index (χ1) is 7.44. The van der Waals surface area contributed by atoms with Crippen molar-refractivity contribution < 1.29 is 23.8 Å². The molecule has 0 unspecified atom stereocenters. The van der Waals surface area contributed by atoms with Gasteiger partial charge < -0.3 is 15.5 Å². The Balaban J connectivity index is 2.68. The van der Waals surface area contributed by atoms with Gasteiger partial charge in [0.05, 0.1) is 6.54 Å². The van der Waals surface area contributed by atoms with Gasteiger partial charge in [0.2, 0.25) is 0 Å². The number of rotatable bonds is 5. The molecular weight excluding hydrogens is 222 g/mol. The van der Waals surface area contributed by atoms with E-state index >= 15 is 0 Å². The third kappa shape index (κ3) is 3.43. The smallest absolute Gasteiger partial charge is 0.354 e. The molecule has 0 atom stereocenters. The standard InChI is InChI=1S/C9H10F2N2O3/c10-9(11,5-14)4-12-7-3-1-2-6(13-7)8(15)16/h1-3,14H,4-5H2,(H,12,13)(H,15,16). The average Bonchev–Trinajstić information content (AvgIpc) is 2.27. The molecule has 0 fully saturated rings. The maximum atomic E-state index is 12.6. The number of nitrogens with zero attached hydrogens (tertiary/aromatic N) is 1. The van der Waals surface area contributed by atoms with Gasteiger partial charge >= 0.3 is 5.97 Å². The van der Waals surface area contributed by atoms with E-state index in [1.807, 2.05) is 0 Å². The summed E-state index contributed by atoms with van der Waals surface area (Å²) in [6.45, 7) is -2.09. The van der Waals surface area contributed by atoms with E-state index in [1.165, 1.54) is 18.2 Å². The number of carboxylic acid groups (broad SMARTS) is 1. The first-order valence-corrected chi connectivity index (χ1v) is 4.37. The van der Waals surface area contributed by atoms with E-state index in [4.69, 9.17) is 10.2 Å². The van der Waals surface area contributed by atoms with Gasteiger partial charge in [-0.3, -0.25) is 0 Å². The van der Waals surface area contributed by atoms with Crippen LogP contribution in [0, 0.1) is 0 Å². The van der Waals surface area contributed by atoms with Gasteiger partial charge in [0, 0.05) is 0 Å². The number of aromatic nitrogens is 1. The molecule has 0 radical (unpaired) electrons. The van der Waals surface area contributed by atoms with Crippen molar-refractivity contribution in [3.63, 3.8) is 0 Å². The van der Waals surface area contributed by atoms with Crippen LogP contribution in [0.3, 0.4) is 0 Å². The number of aliphatic hydroxyl groups is 1. The van der Waals surface area contributed by atoms with E-state index < -0.39 is 25.0 Å². The minimum atomic E-state index is -3.26. The number of halogens is 2. The topological polar surface area (TPSA) is 82.5 Å². The highest BCUT2D eigenvalue weighted by molar-refractivity contribution is 5.85. The number of hydrogen-bond acceptors (Lipinski definition) is 4. The van der Waals surface area contributed by atoms with Gasteiger partial charge in [-0.2, -0.15) is 0 Å². The molecule has 1 heterocycles. The van der Waals surface area contributed by atoms with Crippen LogP contribution in [0.4, 0.5) is 14.6 Å². The van der Waals surface area contributed by atoms with E-state index in [0.29, 0.717) is 0 Å². The number of pyridine rings is 1. The van der Waals surface area contributed by atoms with E-state index in [-0.39, 0.29) is 11.5 Å². The van der Waals surface area contributed by atoms with Crippen LogP contribution in [0.15, 0.2) is 18.2 Å². The van der Waals surface area contributed by atoms with Crippen LogP contribution in [0.1, 0.15) is 10.5 Å². The molecule has 0 aromatic carbocycles. The second-order valence-corrected chi connectivity index (χ2v) is 3.08. The van der Waals surface area contributed by atoms with Crippen LogP contribution >= 0.6 is 0 Å². The van der Waals surface area contributed by atoms with Gasteiger partial charge in [0.15, 0.2) is 5.69 Å². The summed E-state index contributed by atoms with van der Waals surface area (Å²) in [7, 11) is 0. The van der Waals surface area contributed by atoms with Crippen molar-refractivity contribution in [3.8, 4) is 0 Å². The Bertz CT molecular complexity index is 385. The lowest BCUT2D eigenvalue weighted by Gasteiger charge is -2.14. The molecule has 1 rings (SSSR count). The Kier molecular flexibility index (Phi) is 3.73. The van der Waals surface area contributed by atoms with Crippen molar-refractivity contribution >= 4 is 11.8 Å². The summed E-state index contributed by atoms with van der Waals surface area (Å²) in [5, 5.41) is 19.2. The second kappa shape index (κ2) is 4.84. The third-order valence-electron chi connectivity index (χ3n) is 1.73. The Morgan fingerprint density at radius 1 is 1.50 bits per heavy atom. The summed E-state index contributed by atoms with van der Waals surface area (Å²) < 4.78 is 25.3. The van der Waals surface area contributed by atoms with Gasteiger partial charge in [0.1, 0.15) is 12.4 Å². The number of aromatic carboxylic acids is 1. The molecule has 0 aliphatic carbocycles. The first kappa shape index (κ1) is 12.3. The minimum absolute atomic E-state index is 0.0213. The molecule has 1 aromatic rings. The summed E-state index contributed by atoms with van der Waals surface area (Å²) in [4.78, 5) is 14.1. The van der Waals surface area contributed by atoms with Crippen LogP contribution < -0.4 is 5.32 Å². The Hall–Kier alpha value is -1.76. The fourth-order valence-electron chi connectivity index (χ4n) is 0.928. The van der Waals surface area contributed by atoms with Gasteiger partial charge in [-0.1, -0.05) is 6.07 Å². The van der Waals surface area contributed by atoms with Crippen LogP contribution in [-0.2, 0) is 0 Å². The van der Waals surface area contributed by atoms with Crippen LogP contribution in [0.25, 0.3) is 0 Å². The van der Waals surface area contributed by atoms with Crippen LogP contribution in [-0.4, -0.2) is 40.2 Å². The molecule has 0 aliphatic rings. The molecule has 3 N–H and O–H groups in total. The number of carbonyl (C=O) groups is 1. The zero-order valence-corrected chi connectivity index (χ0v) is 8.15. The highest BCUT2D eigenvalue weighted by Gasteiger charge is 2.27. The summed E-state index contributed by atoms with van der Waals surface area (Å²) in [5.41, 5.74) is -0.239.